The second-order valence-electron chi connectivity index (χ2n) is 6.75. The van der Waals surface area contributed by atoms with Gasteiger partial charge in [0.05, 0.1) is 31.3 Å². The molecule has 0 aliphatic carbocycles. The zero-order chi connectivity index (χ0) is 22.4. The maximum atomic E-state index is 12.7. The molecule has 7 nitrogen and oxygen atoms in total. The van der Waals surface area contributed by atoms with E-state index in [0.717, 1.165) is 18.9 Å². The van der Waals surface area contributed by atoms with Crippen LogP contribution in [0.2, 0.25) is 0 Å². The normalized spacial score (nSPS) is 14.5. The van der Waals surface area contributed by atoms with E-state index >= 15 is 0 Å². The van der Waals surface area contributed by atoms with E-state index in [2.05, 4.69) is 15.3 Å². The number of ether oxygens (including phenoxy) is 1. The average Bonchev–Trinajstić information content (AvgIpc) is 2.67. The smallest absolute Gasteiger partial charge is 0.392 e. The number of fused-ring (bicyclic) bond motifs is 1. The van der Waals surface area contributed by atoms with Crippen molar-refractivity contribution in [2.45, 2.75) is 44.9 Å². The first-order valence-corrected chi connectivity index (χ1v) is 9.44. The fourth-order valence-corrected chi connectivity index (χ4v) is 2.94. The number of rotatable bonds is 10. The van der Waals surface area contributed by atoms with Crippen molar-refractivity contribution in [3.8, 4) is 11.5 Å². The van der Waals surface area contributed by atoms with Crippen LogP contribution in [0.3, 0.4) is 0 Å². The Bertz CT molecular complexity index is 885. The van der Waals surface area contributed by atoms with E-state index in [-0.39, 0.29) is 17.1 Å². The van der Waals surface area contributed by atoms with Crippen LogP contribution in [0.25, 0.3) is 10.9 Å². The van der Waals surface area contributed by atoms with Crippen LogP contribution in [0.5, 0.6) is 11.5 Å². The van der Waals surface area contributed by atoms with Crippen LogP contribution in [0.4, 0.5) is 13.2 Å². The number of nitrogens with zero attached hydrogens (tertiary/aromatic N) is 2. The zero-order valence-electron chi connectivity index (χ0n) is 17.3. The van der Waals surface area contributed by atoms with Crippen molar-refractivity contribution in [3.05, 3.63) is 35.9 Å². The Kier molecular flexibility index (Phi) is 7.85. The van der Waals surface area contributed by atoms with Crippen LogP contribution in [-0.4, -0.2) is 42.0 Å². The molecule has 1 atom stereocenters. The van der Waals surface area contributed by atoms with Gasteiger partial charge in [-0.25, -0.2) is 9.97 Å². The second-order valence-corrected chi connectivity index (χ2v) is 6.75. The molecule has 0 amide bonds. The lowest BCUT2D eigenvalue weighted by atomic mass is 9.93. The highest BCUT2D eigenvalue weighted by Gasteiger charge is 2.34. The molecule has 0 aliphatic heterocycles. The molecule has 1 heterocycles. The van der Waals surface area contributed by atoms with E-state index in [9.17, 15) is 18.3 Å². The molecular formula is C20H26F3N3O4. The lowest BCUT2D eigenvalue weighted by Gasteiger charge is -2.27. The highest BCUT2D eigenvalue weighted by atomic mass is 19.4. The van der Waals surface area contributed by atoms with Crippen molar-refractivity contribution in [2.24, 2.45) is 0 Å². The molecule has 30 heavy (non-hydrogen) atoms. The van der Waals surface area contributed by atoms with Gasteiger partial charge in [-0.05, 0) is 19.4 Å². The number of nitrogens with one attached hydrogen (secondary N) is 1. The summed E-state index contributed by atoms with van der Waals surface area (Å²) in [5.41, 5.74) is -1.35. The van der Waals surface area contributed by atoms with Gasteiger partial charge in [-0.15, -0.1) is 0 Å². The average molecular weight is 429 g/mol. The second kappa shape index (κ2) is 9.94. The van der Waals surface area contributed by atoms with Gasteiger partial charge in [0.15, 0.2) is 5.75 Å². The number of likely N-dealkylation sites (N-methyl/N-ethyl adjacent to an activating group) is 1. The van der Waals surface area contributed by atoms with Crippen molar-refractivity contribution >= 4 is 10.9 Å². The molecule has 10 heteroatoms. The molecule has 0 bridgehead atoms. The third-order valence-electron chi connectivity index (χ3n) is 4.42. The van der Waals surface area contributed by atoms with Gasteiger partial charge in [0.1, 0.15) is 11.9 Å². The van der Waals surface area contributed by atoms with Crippen LogP contribution in [0, 0.1) is 0 Å². The van der Waals surface area contributed by atoms with Gasteiger partial charge in [-0.1, -0.05) is 19.4 Å². The summed E-state index contributed by atoms with van der Waals surface area (Å²) in [4.78, 5) is 18.2. The molecule has 2 N–H and O–H groups in total. The van der Waals surface area contributed by atoms with Gasteiger partial charge in [0.2, 0.25) is 5.75 Å². The summed E-state index contributed by atoms with van der Waals surface area (Å²) in [6, 6.07) is 3.14. The summed E-state index contributed by atoms with van der Waals surface area (Å²) in [5, 5.41) is 14.2. The lowest BCUT2D eigenvalue weighted by molar-refractivity contribution is -0.179. The van der Waals surface area contributed by atoms with Crippen LogP contribution in [-0.2, 0) is 10.5 Å². The third-order valence-corrected chi connectivity index (χ3v) is 4.42. The molecule has 0 saturated carbocycles. The number of allylic oxidation sites excluding steroid dienone is 1. The summed E-state index contributed by atoms with van der Waals surface area (Å²) < 4.78 is 43.8. The highest BCUT2D eigenvalue weighted by Crippen LogP contribution is 2.37. The van der Waals surface area contributed by atoms with Crippen molar-refractivity contribution in [2.75, 3.05) is 20.8 Å². The first-order chi connectivity index (χ1) is 14.1. The molecular weight excluding hydrogens is 403 g/mol. The minimum absolute atomic E-state index is 0.0366. The van der Waals surface area contributed by atoms with Crippen LogP contribution >= 0.6 is 0 Å². The van der Waals surface area contributed by atoms with Gasteiger partial charge in [0, 0.05) is 24.2 Å². The fraction of sp³-hybridized carbons (Fsp3) is 0.500. The highest BCUT2D eigenvalue weighted by molar-refractivity contribution is 5.85. The molecule has 1 aromatic heterocycles. The molecule has 166 valence electrons. The summed E-state index contributed by atoms with van der Waals surface area (Å²) >= 11 is 0. The fourth-order valence-electron chi connectivity index (χ4n) is 2.94. The van der Waals surface area contributed by atoms with E-state index in [1.807, 2.05) is 6.92 Å². The Morgan fingerprint density at radius 3 is 2.57 bits per heavy atom. The summed E-state index contributed by atoms with van der Waals surface area (Å²) in [7, 11) is 2.78. The van der Waals surface area contributed by atoms with E-state index in [4.69, 9.17) is 14.5 Å². The van der Waals surface area contributed by atoms with Crippen LogP contribution < -0.4 is 14.9 Å². The number of alkyl halides is 3. The van der Waals surface area contributed by atoms with Crippen molar-refractivity contribution in [1.29, 1.82) is 0 Å². The molecule has 0 spiro atoms. The molecule has 0 saturated heterocycles. The number of unbranched alkanes of at least 4 members (excludes halogenated alkanes) is 1. The standard InChI is InChI=1S/C20H26F3N3O4/c1-5-6-9-29-15-10-13-14(11-16(15)30-28-4)25-12-26-18(13)19(2,27)17(24-3)7-8-20(21,22)23/h7,10-12,24,27H,5-6,8-9H2,1-4H3/b17-7+. The largest absolute Gasteiger partial charge is 0.490 e. The Labute approximate surface area is 172 Å². The van der Waals surface area contributed by atoms with Crippen molar-refractivity contribution in [1.82, 2.24) is 15.3 Å². The lowest BCUT2D eigenvalue weighted by Crippen LogP contribution is -2.33. The van der Waals surface area contributed by atoms with Gasteiger partial charge in [-0.2, -0.15) is 18.1 Å². The summed E-state index contributed by atoms with van der Waals surface area (Å²) in [6.45, 7) is 3.81. The molecule has 0 aliphatic rings. The molecule has 0 fully saturated rings. The molecule has 1 aromatic carbocycles. The van der Waals surface area contributed by atoms with Crippen molar-refractivity contribution < 1.29 is 32.8 Å². The van der Waals surface area contributed by atoms with Crippen molar-refractivity contribution in [3.63, 3.8) is 0 Å². The third kappa shape index (κ3) is 5.73. The zero-order valence-corrected chi connectivity index (χ0v) is 17.3. The first-order valence-electron chi connectivity index (χ1n) is 9.44. The predicted molar refractivity (Wildman–Crippen MR) is 105 cm³/mol. The van der Waals surface area contributed by atoms with Gasteiger partial charge >= 0.3 is 6.18 Å². The van der Waals surface area contributed by atoms with Gasteiger partial charge in [-0.3, -0.25) is 0 Å². The Morgan fingerprint density at radius 1 is 1.23 bits per heavy atom. The van der Waals surface area contributed by atoms with Crippen LogP contribution in [0.1, 0.15) is 38.8 Å². The minimum atomic E-state index is -4.40. The number of hydrogen-bond acceptors (Lipinski definition) is 7. The number of aliphatic hydroxyl groups is 1. The van der Waals surface area contributed by atoms with E-state index in [0.29, 0.717) is 23.3 Å². The number of halogens is 3. The number of benzene rings is 1. The Hall–Kier alpha value is -2.59. The van der Waals surface area contributed by atoms with Gasteiger partial charge in [0.25, 0.3) is 0 Å². The Morgan fingerprint density at radius 2 is 1.97 bits per heavy atom. The number of aromatic nitrogens is 2. The topological polar surface area (TPSA) is 85.7 Å². The maximum Gasteiger partial charge on any atom is 0.392 e. The molecule has 2 aromatic rings. The SMILES string of the molecule is CCCCOc1cc2c(C(C)(O)/C(=C\CC(F)(F)F)NC)ncnc2cc1OOC. The minimum Gasteiger partial charge on any atom is -0.490 e. The quantitative estimate of drug-likeness (QED) is 0.335. The van der Waals surface area contributed by atoms with Gasteiger partial charge < -0.3 is 20.0 Å². The maximum absolute atomic E-state index is 12.7. The van der Waals surface area contributed by atoms with E-state index in [1.54, 1.807) is 12.1 Å². The predicted octanol–water partition coefficient (Wildman–Crippen LogP) is 4.01. The molecule has 0 radical (unpaired) electrons. The van der Waals surface area contributed by atoms with E-state index < -0.39 is 18.2 Å². The summed E-state index contributed by atoms with van der Waals surface area (Å²) in [5.74, 6) is 0.627. The monoisotopic (exact) mass is 429 g/mol. The number of hydrogen-bond donors (Lipinski definition) is 2. The first kappa shape index (κ1) is 23.7. The van der Waals surface area contributed by atoms with Crippen LogP contribution in [0.15, 0.2) is 30.2 Å². The van der Waals surface area contributed by atoms with E-state index in [1.165, 1.54) is 27.4 Å². The molecule has 2 rings (SSSR count). The summed E-state index contributed by atoms with van der Waals surface area (Å²) in [6.07, 6.45) is -1.75. The molecule has 1 unspecified atom stereocenters. The Balaban J connectivity index is 2.58.